The quantitative estimate of drug-likeness (QED) is 0.636. The Balaban J connectivity index is 1.97. The topological polar surface area (TPSA) is 71.1 Å². The number of rotatable bonds is 3. The van der Waals surface area contributed by atoms with Crippen LogP contribution in [0.25, 0.3) is 0 Å². The second kappa shape index (κ2) is 4.97. The van der Waals surface area contributed by atoms with Crippen LogP contribution in [0.15, 0.2) is 64.9 Å². The van der Waals surface area contributed by atoms with Crippen molar-refractivity contribution in [2.45, 2.75) is 12.5 Å². The molecule has 0 spiro atoms. The molecule has 1 aliphatic rings. The van der Waals surface area contributed by atoms with Crippen molar-refractivity contribution in [2.75, 3.05) is 11.6 Å². The highest BCUT2D eigenvalue weighted by Gasteiger charge is 2.38. The zero-order valence-corrected chi connectivity index (χ0v) is 11.5. The first-order valence-corrected chi connectivity index (χ1v) is 6.59. The van der Waals surface area contributed by atoms with Gasteiger partial charge in [-0.15, -0.1) is 0 Å². The number of anilines is 1. The van der Waals surface area contributed by atoms with Gasteiger partial charge in [0.2, 0.25) is 0 Å². The van der Waals surface area contributed by atoms with Crippen LogP contribution in [0, 0.1) is 10.1 Å². The van der Waals surface area contributed by atoms with E-state index >= 15 is 0 Å². The largest absolute Gasteiger partial charge is 0.269 e. The van der Waals surface area contributed by atoms with Gasteiger partial charge < -0.3 is 0 Å². The maximum atomic E-state index is 10.7. The third-order valence-electron chi connectivity index (χ3n) is 3.70. The lowest BCUT2D eigenvalue weighted by molar-refractivity contribution is -0.384. The summed E-state index contributed by atoms with van der Waals surface area (Å²) < 4.78 is 0. The van der Waals surface area contributed by atoms with Crippen molar-refractivity contribution in [1.29, 1.82) is 0 Å². The van der Waals surface area contributed by atoms with Crippen molar-refractivity contribution in [3.8, 4) is 0 Å². The molecule has 0 aliphatic carbocycles. The Morgan fingerprint density at radius 3 is 2.43 bits per heavy atom. The van der Waals surface area contributed by atoms with Crippen LogP contribution in [0.2, 0.25) is 0 Å². The smallest absolute Gasteiger partial charge is 0.258 e. The lowest BCUT2D eigenvalue weighted by Gasteiger charge is -2.32. The van der Waals surface area contributed by atoms with Gasteiger partial charge in [-0.25, -0.2) is 5.01 Å². The van der Waals surface area contributed by atoms with Crippen molar-refractivity contribution < 1.29 is 4.92 Å². The molecule has 0 N–H and O–H groups in total. The lowest BCUT2D eigenvalue weighted by Crippen LogP contribution is -2.39. The van der Waals surface area contributed by atoms with E-state index in [2.05, 4.69) is 17.3 Å². The lowest BCUT2D eigenvalue weighted by atomic mass is 9.91. The Morgan fingerprint density at radius 1 is 1.14 bits per heavy atom. The number of nitro benzene ring substituents is 1. The Kier molecular flexibility index (Phi) is 3.13. The molecule has 1 aliphatic heterocycles. The molecule has 0 aromatic heterocycles. The Hall–Kier alpha value is -2.76. The molecule has 0 radical (unpaired) electrons. The van der Waals surface area contributed by atoms with Crippen molar-refractivity contribution in [3.63, 3.8) is 0 Å². The molecule has 0 bridgehead atoms. The fraction of sp³-hybridized carbons (Fsp3) is 0.200. The summed E-state index contributed by atoms with van der Waals surface area (Å²) in [6.07, 6.45) is 0. The molecule has 0 saturated heterocycles. The van der Waals surface area contributed by atoms with Gasteiger partial charge >= 0.3 is 0 Å². The zero-order chi connectivity index (χ0) is 14.9. The summed E-state index contributed by atoms with van der Waals surface area (Å²) in [4.78, 5) is 10.3. The van der Waals surface area contributed by atoms with Crippen LogP contribution in [0.1, 0.15) is 12.5 Å². The van der Waals surface area contributed by atoms with Crippen LogP contribution in [-0.4, -0.2) is 11.5 Å². The maximum absolute atomic E-state index is 10.7. The second-order valence-corrected chi connectivity index (χ2v) is 5.11. The summed E-state index contributed by atoms with van der Waals surface area (Å²) in [7, 11) is 0. The van der Waals surface area contributed by atoms with Crippen LogP contribution in [0.5, 0.6) is 0 Å². The van der Waals surface area contributed by atoms with E-state index in [9.17, 15) is 10.1 Å². The molecule has 3 rings (SSSR count). The SMILES string of the molecule is C[C@]1(c2ccccc2)CN=NN1c1ccc([N+](=O)[O-])cc1. The molecule has 21 heavy (non-hydrogen) atoms. The predicted octanol–water partition coefficient (Wildman–Crippen LogP) is 3.70. The van der Waals surface area contributed by atoms with E-state index in [0.29, 0.717) is 6.54 Å². The maximum Gasteiger partial charge on any atom is 0.269 e. The van der Waals surface area contributed by atoms with Crippen molar-refractivity contribution in [2.24, 2.45) is 10.3 Å². The highest BCUT2D eigenvalue weighted by atomic mass is 16.6. The normalized spacial score (nSPS) is 20.7. The van der Waals surface area contributed by atoms with Gasteiger partial charge in [0.05, 0.1) is 17.2 Å². The molecule has 0 saturated carbocycles. The average molecular weight is 282 g/mol. The summed E-state index contributed by atoms with van der Waals surface area (Å²) in [5.74, 6) is 0. The second-order valence-electron chi connectivity index (χ2n) is 5.11. The molecule has 1 heterocycles. The molecular formula is C15H14N4O2. The molecule has 1 atom stereocenters. The van der Waals surface area contributed by atoms with E-state index in [0.717, 1.165) is 11.3 Å². The minimum atomic E-state index is -0.411. The third-order valence-corrected chi connectivity index (χ3v) is 3.70. The fourth-order valence-electron chi connectivity index (χ4n) is 2.46. The van der Waals surface area contributed by atoms with E-state index in [1.54, 1.807) is 12.1 Å². The molecular weight excluding hydrogens is 268 g/mol. The molecule has 6 heteroatoms. The Bertz CT molecular complexity index is 685. The third kappa shape index (κ3) is 2.24. The molecule has 2 aromatic carbocycles. The van der Waals surface area contributed by atoms with Crippen molar-refractivity contribution in [1.82, 2.24) is 0 Å². The first-order chi connectivity index (χ1) is 10.1. The molecule has 6 nitrogen and oxygen atoms in total. The van der Waals surface area contributed by atoms with Gasteiger partial charge in [-0.3, -0.25) is 10.1 Å². The van der Waals surface area contributed by atoms with Gasteiger partial charge in [-0.2, -0.15) is 5.11 Å². The number of non-ortho nitro benzene ring substituents is 1. The number of benzene rings is 2. The van der Waals surface area contributed by atoms with E-state index in [1.165, 1.54) is 12.1 Å². The summed E-state index contributed by atoms with van der Waals surface area (Å²) in [6.45, 7) is 2.61. The number of nitro groups is 1. The van der Waals surface area contributed by atoms with Gasteiger partial charge in [0, 0.05) is 12.1 Å². The first kappa shape index (κ1) is 13.2. The van der Waals surface area contributed by atoms with Crippen LogP contribution >= 0.6 is 0 Å². The van der Waals surface area contributed by atoms with Gasteiger partial charge in [0.15, 0.2) is 0 Å². The molecule has 2 aromatic rings. The summed E-state index contributed by atoms with van der Waals surface area (Å²) in [5.41, 5.74) is 1.58. The van der Waals surface area contributed by atoms with Crippen molar-refractivity contribution >= 4 is 11.4 Å². The minimum absolute atomic E-state index is 0.0660. The van der Waals surface area contributed by atoms with Crippen LogP contribution in [-0.2, 0) is 5.54 Å². The van der Waals surface area contributed by atoms with Crippen LogP contribution in [0.3, 0.4) is 0 Å². The highest BCUT2D eigenvalue weighted by Crippen LogP contribution is 2.37. The fourth-order valence-corrected chi connectivity index (χ4v) is 2.46. The predicted molar refractivity (Wildman–Crippen MR) is 79.1 cm³/mol. The van der Waals surface area contributed by atoms with Gasteiger partial charge in [-0.05, 0) is 24.6 Å². The standard InChI is InChI=1S/C15H14N4O2/c1-15(12-5-3-2-4-6-12)11-16-17-18(15)13-7-9-14(10-8-13)19(20)21/h2-10H,11H2,1H3/t15-/m1/s1. The number of hydrogen-bond acceptors (Lipinski definition) is 5. The van der Waals surface area contributed by atoms with Gasteiger partial charge in [0.1, 0.15) is 5.54 Å². The van der Waals surface area contributed by atoms with Crippen LogP contribution < -0.4 is 5.01 Å². The van der Waals surface area contributed by atoms with E-state index in [1.807, 2.05) is 35.3 Å². The average Bonchev–Trinajstić information content (AvgIpc) is 2.91. The van der Waals surface area contributed by atoms with Crippen LogP contribution in [0.4, 0.5) is 11.4 Å². The monoisotopic (exact) mass is 282 g/mol. The highest BCUT2D eigenvalue weighted by molar-refractivity contribution is 5.54. The molecule has 0 unspecified atom stereocenters. The first-order valence-electron chi connectivity index (χ1n) is 6.59. The number of hydrogen-bond donors (Lipinski definition) is 0. The van der Waals surface area contributed by atoms with Gasteiger partial charge in [0.25, 0.3) is 5.69 Å². The minimum Gasteiger partial charge on any atom is -0.258 e. The summed E-state index contributed by atoms with van der Waals surface area (Å²) >= 11 is 0. The molecule has 0 amide bonds. The molecule has 106 valence electrons. The van der Waals surface area contributed by atoms with Crippen molar-refractivity contribution in [3.05, 3.63) is 70.3 Å². The zero-order valence-electron chi connectivity index (χ0n) is 11.5. The number of nitrogens with zero attached hydrogens (tertiary/aromatic N) is 4. The van der Waals surface area contributed by atoms with E-state index in [4.69, 9.17) is 0 Å². The summed E-state index contributed by atoms with van der Waals surface area (Å²) in [5, 5.41) is 20.9. The van der Waals surface area contributed by atoms with E-state index in [-0.39, 0.29) is 11.2 Å². The summed E-state index contributed by atoms with van der Waals surface area (Å²) in [6, 6.07) is 16.4. The molecule has 0 fully saturated rings. The van der Waals surface area contributed by atoms with Gasteiger partial charge in [-0.1, -0.05) is 35.6 Å². The van der Waals surface area contributed by atoms with E-state index < -0.39 is 4.92 Å². The Morgan fingerprint density at radius 2 is 1.81 bits per heavy atom. The Labute approximate surface area is 121 Å².